The van der Waals surface area contributed by atoms with Gasteiger partial charge >= 0.3 is 0 Å². The van der Waals surface area contributed by atoms with E-state index in [0.717, 1.165) is 17.4 Å². The number of benzene rings is 2. The number of rotatable bonds is 1. The largest absolute Gasteiger partial charge is 0.308 e. The van der Waals surface area contributed by atoms with Crippen molar-refractivity contribution in [2.45, 2.75) is 32.5 Å². The second-order valence-corrected chi connectivity index (χ2v) is 8.46. The first-order valence-corrected chi connectivity index (χ1v) is 11.4. The van der Waals surface area contributed by atoms with E-state index in [1.807, 2.05) is 42.5 Å². The van der Waals surface area contributed by atoms with E-state index in [2.05, 4.69) is 27.1 Å². The molecule has 2 aliphatic carbocycles. The molecule has 0 saturated heterocycles. The Labute approximate surface area is 245 Å². The summed E-state index contributed by atoms with van der Waals surface area (Å²) in [5.41, 5.74) is 4.07. The van der Waals surface area contributed by atoms with Crippen LogP contribution in [0.2, 0.25) is 0 Å². The Hall–Kier alpha value is -3.66. The van der Waals surface area contributed by atoms with Gasteiger partial charge in [-0.1, -0.05) is 36.8 Å². The van der Waals surface area contributed by atoms with Gasteiger partial charge in [0.05, 0.1) is 12.3 Å². The van der Waals surface area contributed by atoms with E-state index in [1.54, 1.807) is 35.1 Å². The van der Waals surface area contributed by atoms with Crippen LogP contribution in [-0.2, 0) is 20.1 Å². The molecule has 185 valence electrons. The van der Waals surface area contributed by atoms with Crippen LogP contribution in [-0.4, -0.2) is 20.7 Å². The van der Waals surface area contributed by atoms with Gasteiger partial charge in [0.2, 0.25) is 0 Å². The monoisotopic (exact) mass is 669 g/mol. The number of hydrogen-bond donors (Lipinski definition) is 0. The van der Waals surface area contributed by atoms with Crippen molar-refractivity contribution in [3.8, 4) is 5.69 Å². The normalized spacial score (nSPS) is 24.0. The maximum atomic E-state index is 8.07. The molecule has 2 aromatic heterocycles. The third kappa shape index (κ3) is 4.50. The first-order valence-electron chi connectivity index (χ1n) is 16.4. The van der Waals surface area contributed by atoms with Gasteiger partial charge in [-0.15, -0.1) is 17.2 Å². The number of aryl methyl sites for hydroxylation is 1. The van der Waals surface area contributed by atoms with Crippen molar-refractivity contribution in [2.24, 2.45) is 4.99 Å². The van der Waals surface area contributed by atoms with Crippen LogP contribution in [0.4, 0.5) is 0 Å². The van der Waals surface area contributed by atoms with E-state index in [-0.39, 0.29) is 43.1 Å². The number of fused-ring (bicyclic) bond motifs is 6. The van der Waals surface area contributed by atoms with E-state index in [9.17, 15) is 0 Å². The van der Waals surface area contributed by atoms with Crippen molar-refractivity contribution in [1.29, 1.82) is 0 Å². The van der Waals surface area contributed by atoms with Gasteiger partial charge in [-0.05, 0) is 54.0 Å². The number of nitrogens with zero attached hydrogens (tertiary/aromatic N) is 4. The summed E-state index contributed by atoms with van der Waals surface area (Å²) in [7, 11) is 0. The molecule has 3 aliphatic rings. The SMILES string of the molecule is [2H]C([2H])([2H])C1=C(C([2H])([2H])[2H])C2=C3C=CC=CC3c3cc(C([2H])([2H])[2H])c[c-]c3C2N=C1.[2H]c1nc2cccnc2n1-c1[c-]cccc1.[Ir]. The van der Waals surface area contributed by atoms with Crippen LogP contribution >= 0.6 is 0 Å². The van der Waals surface area contributed by atoms with Crippen LogP contribution in [0.25, 0.3) is 16.9 Å². The Morgan fingerprint density at radius 3 is 2.86 bits per heavy atom. The molecule has 5 heteroatoms. The van der Waals surface area contributed by atoms with Crippen LogP contribution in [0.5, 0.6) is 0 Å². The molecule has 1 radical (unpaired) electrons. The van der Waals surface area contributed by atoms with Crippen LogP contribution in [0.3, 0.4) is 0 Å². The summed E-state index contributed by atoms with van der Waals surface area (Å²) in [4.78, 5) is 12.8. The van der Waals surface area contributed by atoms with E-state index in [4.69, 9.17) is 13.7 Å². The van der Waals surface area contributed by atoms with Gasteiger partial charge in [0.15, 0.2) is 5.65 Å². The molecule has 4 nitrogen and oxygen atoms in total. The van der Waals surface area contributed by atoms with E-state index < -0.39 is 32.5 Å². The first-order chi connectivity index (χ1) is 21.7. The molecule has 3 heterocycles. The summed E-state index contributed by atoms with van der Waals surface area (Å²) >= 11 is 0. The standard InChI is InChI=1S/C20H18N.C12H8N3.Ir/c1-12-8-9-17-18(10-12)15-6-4-5-7-16(15)19-14(3)13(2)11-21-20(17)19;1-2-5-10(6-3-1)15-9-14-11-7-4-8-13-12(11)15;/h4-8,10-11,15,20H,1-3H3;1-5,7-9H;/q2*-1;/i1D3,2D3,3D3;9D;. The van der Waals surface area contributed by atoms with Crippen molar-refractivity contribution < 1.29 is 33.8 Å². The zero-order chi connectivity index (χ0) is 33.0. The van der Waals surface area contributed by atoms with Crippen LogP contribution in [0, 0.1) is 19.0 Å². The van der Waals surface area contributed by atoms with Gasteiger partial charge in [-0.2, -0.15) is 48.0 Å². The predicted octanol–water partition coefficient (Wildman–Crippen LogP) is 7.00. The zero-order valence-electron chi connectivity index (χ0n) is 29.4. The molecular weight excluding hydrogens is 633 g/mol. The van der Waals surface area contributed by atoms with Crippen LogP contribution < -0.4 is 0 Å². The predicted molar refractivity (Wildman–Crippen MR) is 145 cm³/mol. The molecular formula is C32H26IrN4-2. The number of aromatic nitrogens is 3. The minimum absolute atomic E-state index is 0. The molecule has 0 spiro atoms. The fraction of sp³-hybridized carbons (Fsp3) is 0.156. The van der Waals surface area contributed by atoms with Gasteiger partial charge in [0, 0.05) is 44.9 Å². The molecule has 0 N–H and O–H groups in total. The molecule has 2 atom stereocenters. The molecule has 0 saturated carbocycles. The Kier molecular flexibility index (Phi) is 4.36. The van der Waals surface area contributed by atoms with E-state index in [0.29, 0.717) is 27.9 Å². The van der Waals surface area contributed by atoms with Crippen molar-refractivity contribution in [1.82, 2.24) is 14.5 Å². The van der Waals surface area contributed by atoms with Crippen LogP contribution in [0.15, 0.2) is 113 Å². The smallest absolute Gasteiger partial charge is 0.162 e. The molecule has 4 aromatic rings. The summed E-state index contributed by atoms with van der Waals surface area (Å²) in [6, 6.07) is 19.4. The van der Waals surface area contributed by atoms with Gasteiger partial charge in [-0.3, -0.25) is 4.99 Å². The Morgan fingerprint density at radius 2 is 2.03 bits per heavy atom. The average Bonchev–Trinajstić information content (AvgIpc) is 3.35. The minimum Gasteiger partial charge on any atom is -0.308 e. The fourth-order valence-corrected chi connectivity index (χ4v) is 4.67. The third-order valence-corrected chi connectivity index (χ3v) is 6.30. The Bertz CT molecular complexity index is 1980. The van der Waals surface area contributed by atoms with Gasteiger partial charge in [0.25, 0.3) is 0 Å². The zero-order valence-corrected chi connectivity index (χ0v) is 21.8. The van der Waals surface area contributed by atoms with E-state index >= 15 is 0 Å². The molecule has 0 fully saturated rings. The number of imidazole rings is 1. The topological polar surface area (TPSA) is 43.1 Å². The second kappa shape index (κ2) is 10.4. The minimum atomic E-state index is -2.66. The van der Waals surface area contributed by atoms with Crippen molar-refractivity contribution in [3.05, 3.63) is 136 Å². The fourth-order valence-electron chi connectivity index (χ4n) is 4.67. The van der Waals surface area contributed by atoms with Gasteiger partial charge in [0.1, 0.15) is 6.89 Å². The maximum absolute atomic E-state index is 8.07. The van der Waals surface area contributed by atoms with Crippen molar-refractivity contribution >= 4 is 17.4 Å². The number of aliphatic imine (C=N–C) groups is 1. The molecule has 1 aliphatic heterocycles. The van der Waals surface area contributed by atoms with Gasteiger partial charge in [-0.25, -0.2) is 9.97 Å². The first kappa shape index (κ1) is 15.6. The molecule has 37 heavy (non-hydrogen) atoms. The molecule has 0 amide bonds. The quantitative estimate of drug-likeness (QED) is 0.205. The summed E-state index contributed by atoms with van der Waals surface area (Å²) < 4.78 is 80.3. The summed E-state index contributed by atoms with van der Waals surface area (Å²) in [5, 5.41) is 0. The average molecular weight is 669 g/mol. The number of para-hydroxylation sites is 1. The van der Waals surface area contributed by atoms with Gasteiger partial charge < -0.3 is 4.57 Å². The van der Waals surface area contributed by atoms with Crippen molar-refractivity contribution in [3.63, 3.8) is 0 Å². The molecule has 7 rings (SSSR count). The maximum Gasteiger partial charge on any atom is 0.162 e. The van der Waals surface area contributed by atoms with Crippen LogP contribution in [0.1, 0.15) is 56.1 Å². The molecule has 2 aromatic carbocycles. The Balaban J connectivity index is 0.000000214. The summed E-state index contributed by atoms with van der Waals surface area (Å²) in [6.45, 7) is -7.60. The molecule has 2 unspecified atom stereocenters. The summed E-state index contributed by atoms with van der Waals surface area (Å²) in [6.07, 6.45) is 10.2. The number of pyridine rings is 1. The second-order valence-electron chi connectivity index (χ2n) is 8.46. The number of allylic oxidation sites excluding steroid dienone is 6. The number of hydrogen-bond acceptors (Lipinski definition) is 3. The molecule has 0 bridgehead atoms. The Morgan fingerprint density at radius 1 is 1.05 bits per heavy atom. The number of dihydropyridines is 1. The third-order valence-electron chi connectivity index (χ3n) is 6.30. The van der Waals surface area contributed by atoms with Crippen molar-refractivity contribution in [2.75, 3.05) is 0 Å². The van der Waals surface area contributed by atoms with E-state index in [1.165, 1.54) is 6.07 Å². The summed E-state index contributed by atoms with van der Waals surface area (Å²) in [5.74, 6) is -0.404.